The third kappa shape index (κ3) is 2.57. The summed E-state index contributed by atoms with van der Waals surface area (Å²) in [7, 11) is 1.43. The first-order valence-electron chi connectivity index (χ1n) is 6.48. The Labute approximate surface area is 130 Å². The molecule has 0 fully saturated rings. The number of aryl methyl sites for hydroxylation is 1. The van der Waals surface area contributed by atoms with Crippen LogP contribution < -0.4 is 0 Å². The first kappa shape index (κ1) is 16.7. The minimum atomic E-state index is -4.90. The maximum atomic E-state index is 13.6. The van der Waals surface area contributed by atoms with Crippen LogP contribution in [0, 0.1) is 0 Å². The van der Waals surface area contributed by atoms with Gasteiger partial charge in [-0.05, 0) is 29.8 Å². The lowest BCUT2D eigenvalue weighted by Gasteiger charge is -2.37. The topological polar surface area (TPSA) is 45.4 Å². The molecule has 22 heavy (non-hydrogen) atoms. The van der Waals surface area contributed by atoms with Gasteiger partial charge in [0.1, 0.15) is 5.75 Å². The average Bonchev–Trinajstić information content (AvgIpc) is 2.82. The van der Waals surface area contributed by atoms with Crippen LogP contribution in [-0.4, -0.2) is 21.0 Å². The fourth-order valence-electron chi connectivity index (χ4n) is 2.56. The summed E-state index contributed by atoms with van der Waals surface area (Å²) in [6.45, 7) is 1.25. The summed E-state index contributed by atoms with van der Waals surface area (Å²) in [5, 5.41) is 19.8. The van der Waals surface area contributed by atoms with Gasteiger partial charge in [0.15, 0.2) is 0 Å². The van der Waals surface area contributed by atoms with E-state index >= 15 is 0 Å². The van der Waals surface area contributed by atoms with Crippen LogP contribution in [0.1, 0.15) is 24.1 Å². The van der Waals surface area contributed by atoms with Crippen molar-refractivity contribution in [3.05, 3.63) is 52.8 Å². The molecule has 0 aliphatic rings. The van der Waals surface area contributed by atoms with E-state index in [9.17, 15) is 23.4 Å². The van der Waals surface area contributed by atoms with Crippen LogP contribution in [0.4, 0.5) is 13.2 Å². The summed E-state index contributed by atoms with van der Waals surface area (Å²) in [5.41, 5.74) is -3.29. The Hall–Kier alpha value is -1.66. The molecule has 1 aromatic heterocycles. The molecule has 0 bridgehead atoms. The molecule has 1 heterocycles. The molecule has 0 spiro atoms. The van der Waals surface area contributed by atoms with Crippen LogP contribution in [0.25, 0.3) is 0 Å². The van der Waals surface area contributed by atoms with Crippen LogP contribution in [0.3, 0.4) is 0 Å². The van der Waals surface area contributed by atoms with Crippen molar-refractivity contribution in [3.8, 4) is 5.75 Å². The Kier molecular flexibility index (Phi) is 4.19. The van der Waals surface area contributed by atoms with E-state index in [0.29, 0.717) is 0 Å². The van der Waals surface area contributed by atoms with Gasteiger partial charge in [0, 0.05) is 24.2 Å². The van der Waals surface area contributed by atoms with Crippen LogP contribution in [-0.2, 0) is 12.6 Å². The molecule has 0 radical (unpaired) electrons. The van der Waals surface area contributed by atoms with Crippen molar-refractivity contribution in [2.75, 3.05) is 0 Å². The second-order valence-corrected chi connectivity index (χ2v) is 5.60. The smallest absolute Gasteiger partial charge is 0.423 e. The highest BCUT2D eigenvalue weighted by Crippen LogP contribution is 2.49. The molecular weight excluding hydrogens is 319 g/mol. The first-order chi connectivity index (χ1) is 10.1. The van der Waals surface area contributed by atoms with E-state index in [0.717, 1.165) is 6.07 Å². The van der Waals surface area contributed by atoms with Crippen molar-refractivity contribution < 1.29 is 23.4 Å². The van der Waals surface area contributed by atoms with E-state index in [4.69, 9.17) is 11.6 Å². The minimum absolute atomic E-state index is 0.0376. The molecule has 1 aromatic carbocycles. The molecular formula is C15H15ClF3NO2. The van der Waals surface area contributed by atoms with E-state index in [1.807, 2.05) is 0 Å². The monoisotopic (exact) mass is 333 g/mol. The predicted octanol–water partition coefficient (Wildman–Crippen LogP) is 3.94. The largest absolute Gasteiger partial charge is 0.508 e. The Balaban J connectivity index is 2.62. The maximum absolute atomic E-state index is 13.6. The zero-order chi connectivity index (χ0) is 16.7. The zero-order valence-corrected chi connectivity index (χ0v) is 12.7. The number of phenolic OH excluding ortho intramolecular Hbond substituents is 1. The molecule has 2 unspecified atom stereocenters. The number of rotatable bonds is 3. The van der Waals surface area contributed by atoms with Gasteiger partial charge in [-0.3, -0.25) is 0 Å². The highest BCUT2D eigenvalue weighted by molar-refractivity contribution is 6.31. The van der Waals surface area contributed by atoms with E-state index in [1.54, 1.807) is 0 Å². The molecule has 2 N–H and O–H groups in total. The second-order valence-electron chi connectivity index (χ2n) is 5.20. The number of hydrogen-bond acceptors (Lipinski definition) is 2. The van der Waals surface area contributed by atoms with Crippen molar-refractivity contribution in [2.45, 2.75) is 24.6 Å². The summed E-state index contributed by atoms with van der Waals surface area (Å²) >= 11 is 5.94. The molecule has 0 saturated heterocycles. The van der Waals surface area contributed by atoms with Gasteiger partial charge in [-0.2, -0.15) is 13.2 Å². The lowest BCUT2D eigenvalue weighted by molar-refractivity contribution is -0.276. The molecule has 120 valence electrons. The normalized spacial score (nSPS) is 16.3. The van der Waals surface area contributed by atoms with Crippen molar-refractivity contribution >= 4 is 11.6 Å². The molecule has 2 aromatic rings. The van der Waals surface area contributed by atoms with Gasteiger partial charge in [0.25, 0.3) is 0 Å². The molecule has 0 aliphatic heterocycles. The molecule has 0 aliphatic carbocycles. The number of nitrogens with zero attached hydrogens (tertiary/aromatic N) is 1. The third-order valence-electron chi connectivity index (χ3n) is 3.84. The summed E-state index contributed by atoms with van der Waals surface area (Å²) in [4.78, 5) is 0. The van der Waals surface area contributed by atoms with Gasteiger partial charge in [-0.25, -0.2) is 0 Å². The minimum Gasteiger partial charge on any atom is -0.508 e. The summed E-state index contributed by atoms with van der Waals surface area (Å²) < 4.78 is 42.1. The van der Waals surface area contributed by atoms with E-state index in [-0.39, 0.29) is 22.0 Å². The molecule has 7 heteroatoms. The van der Waals surface area contributed by atoms with Gasteiger partial charge in [-0.1, -0.05) is 24.6 Å². The Morgan fingerprint density at radius 3 is 2.32 bits per heavy atom. The van der Waals surface area contributed by atoms with E-state index in [1.165, 1.54) is 49.0 Å². The Morgan fingerprint density at radius 1 is 1.23 bits per heavy atom. The Morgan fingerprint density at radius 2 is 1.86 bits per heavy atom. The van der Waals surface area contributed by atoms with Gasteiger partial charge in [0.2, 0.25) is 5.60 Å². The summed E-state index contributed by atoms with van der Waals surface area (Å²) in [6.07, 6.45) is -3.48. The van der Waals surface area contributed by atoms with Crippen LogP contribution in [0.2, 0.25) is 5.02 Å². The fourth-order valence-corrected chi connectivity index (χ4v) is 2.90. The number of hydrogen-bond donors (Lipinski definition) is 2. The highest BCUT2D eigenvalue weighted by atomic mass is 35.5. The van der Waals surface area contributed by atoms with Crippen LogP contribution in [0.5, 0.6) is 5.75 Å². The van der Waals surface area contributed by atoms with Crippen molar-refractivity contribution in [1.82, 2.24) is 4.57 Å². The third-order valence-corrected chi connectivity index (χ3v) is 4.17. The SMILES string of the molecule is CC(c1ccc(O)cc1Cl)C(O)(c1cccn1C)C(F)(F)F. The van der Waals surface area contributed by atoms with Crippen molar-refractivity contribution in [2.24, 2.45) is 7.05 Å². The van der Waals surface area contributed by atoms with Crippen molar-refractivity contribution in [1.29, 1.82) is 0 Å². The zero-order valence-electron chi connectivity index (χ0n) is 11.9. The molecule has 0 saturated carbocycles. The van der Waals surface area contributed by atoms with Gasteiger partial charge in [-0.15, -0.1) is 0 Å². The average molecular weight is 334 g/mol. The predicted molar refractivity (Wildman–Crippen MR) is 76.9 cm³/mol. The summed E-state index contributed by atoms with van der Waals surface area (Å²) in [6, 6.07) is 6.31. The maximum Gasteiger partial charge on any atom is 0.423 e. The van der Waals surface area contributed by atoms with Gasteiger partial charge in [0.05, 0.1) is 5.69 Å². The molecule has 0 amide bonds. The van der Waals surface area contributed by atoms with E-state index < -0.39 is 17.7 Å². The van der Waals surface area contributed by atoms with Gasteiger partial charge < -0.3 is 14.8 Å². The Bertz CT molecular complexity index is 684. The number of alkyl halides is 3. The molecule has 3 nitrogen and oxygen atoms in total. The van der Waals surface area contributed by atoms with Crippen LogP contribution in [0.15, 0.2) is 36.5 Å². The number of aromatic hydroxyl groups is 1. The van der Waals surface area contributed by atoms with Crippen molar-refractivity contribution in [3.63, 3.8) is 0 Å². The van der Waals surface area contributed by atoms with Crippen LogP contribution >= 0.6 is 11.6 Å². The molecule has 2 atom stereocenters. The quantitative estimate of drug-likeness (QED) is 0.893. The fraction of sp³-hybridized carbons (Fsp3) is 0.333. The highest BCUT2D eigenvalue weighted by Gasteiger charge is 2.60. The number of halogens is 4. The molecule has 2 rings (SSSR count). The number of aliphatic hydroxyl groups is 1. The summed E-state index contributed by atoms with van der Waals surface area (Å²) in [5.74, 6) is -1.52. The van der Waals surface area contributed by atoms with Gasteiger partial charge >= 0.3 is 6.18 Å². The number of phenols is 1. The van der Waals surface area contributed by atoms with E-state index in [2.05, 4.69) is 0 Å². The standard InChI is InChI=1S/C15H15ClF3NO2/c1-9(11-6-5-10(21)8-12(11)16)14(22,15(17,18)19)13-4-3-7-20(13)2/h3-9,21-22H,1-2H3. The lowest BCUT2D eigenvalue weighted by Crippen LogP contribution is -2.47. The lowest BCUT2D eigenvalue weighted by atomic mass is 9.80. The second kappa shape index (κ2) is 5.52. The first-order valence-corrected chi connectivity index (χ1v) is 6.86. The number of aromatic nitrogens is 1. The number of benzene rings is 1.